The van der Waals surface area contributed by atoms with Crippen molar-refractivity contribution in [3.63, 3.8) is 0 Å². The molecule has 5 aromatic rings. The summed E-state index contributed by atoms with van der Waals surface area (Å²) in [4.78, 5) is 19.8. The fourth-order valence-corrected chi connectivity index (χ4v) is 3.95. The maximum absolute atomic E-state index is 11.0. The lowest BCUT2D eigenvalue weighted by Gasteiger charge is -2.06. The lowest BCUT2D eigenvalue weighted by atomic mass is 10.1. The van der Waals surface area contributed by atoms with Crippen molar-refractivity contribution in [3.05, 3.63) is 76.8 Å². The minimum absolute atomic E-state index is 0.0674. The van der Waals surface area contributed by atoms with E-state index in [0.29, 0.717) is 0 Å². The second kappa shape index (κ2) is 6.00. The Kier molecular flexibility index (Phi) is 3.48. The van der Waals surface area contributed by atoms with Crippen LogP contribution < -0.4 is 5.32 Å². The van der Waals surface area contributed by atoms with E-state index in [0.717, 1.165) is 42.8 Å². The highest BCUT2D eigenvalue weighted by Gasteiger charge is 2.09. The fourth-order valence-electron chi connectivity index (χ4n) is 3.06. The summed E-state index contributed by atoms with van der Waals surface area (Å²) in [5.74, 6) is 0. The molecule has 0 saturated heterocycles. The van der Waals surface area contributed by atoms with Crippen LogP contribution in [-0.4, -0.2) is 14.9 Å². The zero-order valence-corrected chi connectivity index (χ0v) is 14.7. The third kappa shape index (κ3) is 2.84. The number of hydrogen-bond donors (Lipinski definition) is 1. The van der Waals surface area contributed by atoms with Crippen molar-refractivity contribution in [2.24, 2.45) is 0 Å². The summed E-state index contributed by atoms with van der Waals surface area (Å²) in [7, 11) is 0. The highest BCUT2D eigenvalue weighted by atomic mass is 32.1. The van der Waals surface area contributed by atoms with Crippen molar-refractivity contribution in [2.75, 3.05) is 5.32 Å². The monoisotopic (exact) mass is 372 g/mol. The minimum atomic E-state index is -0.394. The van der Waals surface area contributed by atoms with Gasteiger partial charge in [-0.05, 0) is 36.4 Å². The SMILES string of the molecule is O=[N+]([O-])c1ccc2nc3cc(Nc4nc5ccccc5s4)ccc3cc2c1. The summed E-state index contributed by atoms with van der Waals surface area (Å²) < 4.78 is 1.13. The van der Waals surface area contributed by atoms with Gasteiger partial charge in [-0.25, -0.2) is 9.97 Å². The summed E-state index contributed by atoms with van der Waals surface area (Å²) in [6.45, 7) is 0. The molecule has 2 aromatic heterocycles. The Hall–Kier alpha value is -3.58. The summed E-state index contributed by atoms with van der Waals surface area (Å²) in [5.41, 5.74) is 3.48. The third-order valence-corrected chi connectivity index (χ3v) is 5.30. The molecule has 3 aromatic carbocycles. The Bertz CT molecular complexity index is 1310. The first-order valence-corrected chi connectivity index (χ1v) is 9.09. The number of non-ortho nitro benzene ring substituents is 1. The lowest BCUT2D eigenvalue weighted by molar-refractivity contribution is -0.384. The van der Waals surface area contributed by atoms with E-state index < -0.39 is 4.92 Å². The molecule has 0 aliphatic heterocycles. The van der Waals surface area contributed by atoms with Gasteiger partial charge in [0, 0.05) is 28.6 Å². The Morgan fingerprint density at radius 1 is 0.852 bits per heavy atom. The normalized spacial score (nSPS) is 11.3. The molecule has 5 rings (SSSR count). The van der Waals surface area contributed by atoms with Crippen LogP contribution in [0.4, 0.5) is 16.5 Å². The number of anilines is 2. The number of fused-ring (bicyclic) bond motifs is 3. The summed E-state index contributed by atoms with van der Waals surface area (Å²) >= 11 is 1.60. The zero-order chi connectivity index (χ0) is 18.4. The largest absolute Gasteiger partial charge is 0.331 e. The van der Waals surface area contributed by atoms with E-state index >= 15 is 0 Å². The molecule has 0 radical (unpaired) electrons. The zero-order valence-electron chi connectivity index (χ0n) is 13.9. The molecule has 6 nitrogen and oxygen atoms in total. The van der Waals surface area contributed by atoms with E-state index in [4.69, 9.17) is 0 Å². The Labute approximate surface area is 157 Å². The number of nitro groups is 1. The number of nitrogens with one attached hydrogen (secondary N) is 1. The van der Waals surface area contributed by atoms with Gasteiger partial charge in [0.2, 0.25) is 0 Å². The van der Waals surface area contributed by atoms with E-state index in [1.54, 1.807) is 23.5 Å². The molecule has 0 atom stereocenters. The van der Waals surface area contributed by atoms with E-state index in [1.807, 2.05) is 48.5 Å². The van der Waals surface area contributed by atoms with Gasteiger partial charge in [-0.15, -0.1) is 0 Å². The van der Waals surface area contributed by atoms with Crippen LogP contribution in [0.1, 0.15) is 0 Å². The summed E-state index contributed by atoms with van der Waals surface area (Å²) in [6.07, 6.45) is 0. The molecule has 0 saturated carbocycles. The Morgan fingerprint density at radius 3 is 2.59 bits per heavy atom. The minimum Gasteiger partial charge on any atom is -0.331 e. The first-order chi connectivity index (χ1) is 13.2. The van der Waals surface area contributed by atoms with Crippen molar-refractivity contribution in [1.29, 1.82) is 0 Å². The van der Waals surface area contributed by atoms with Crippen molar-refractivity contribution in [2.45, 2.75) is 0 Å². The third-order valence-electron chi connectivity index (χ3n) is 4.35. The predicted molar refractivity (Wildman–Crippen MR) is 109 cm³/mol. The average Bonchev–Trinajstić information content (AvgIpc) is 3.08. The number of aromatic nitrogens is 2. The molecule has 0 unspecified atom stereocenters. The number of hydrogen-bond acceptors (Lipinski definition) is 6. The first kappa shape index (κ1) is 15.7. The molecular weight excluding hydrogens is 360 g/mol. The fraction of sp³-hybridized carbons (Fsp3) is 0. The number of pyridine rings is 1. The van der Waals surface area contributed by atoms with Crippen molar-refractivity contribution in [3.8, 4) is 0 Å². The van der Waals surface area contributed by atoms with Crippen molar-refractivity contribution < 1.29 is 4.92 Å². The van der Waals surface area contributed by atoms with E-state index in [1.165, 1.54) is 6.07 Å². The first-order valence-electron chi connectivity index (χ1n) is 8.27. The molecular formula is C20H12N4O2S. The predicted octanol–water partition coefficient (Wildman–Crippen LogP) is 5.65. The molecule has 0 bridgehead atoms. The van der Waals surface area contributed by atoms with Gasteiger partial charge in [0.1, 0.15) is 0 Å². The Morgan fingerprint density at radius 2 is 1.74 bits per heavy atom. The molecule has 0 spiro atoms. The van der Waals surface area contributed by atoms with Crippen LogP contribution in [0.5, 0.6) is 0 Å². The number of rotatable bonds is 3. The van der Waals surface area contributed by atoms with Crippen LogP contribution in [0.2, 0.25) is 0 Å². The van der Waals surface area contributed by atoms with Crippen LogP contribution >= 0.6 is 11.3 Å². The van der Waals surface area contributed by atoms with Crippen LogP contribution in [0, 0.1) is 10.1 Å². The quantitative estimate of drug-likeness (QED) is 0.251. The van der Waals surface area contributed by atoms with E-state index in [9.17, 15) is 10.1 Å². The number of para-hydroxylation sites is 1. The van der Waals surface area contributed by atoms with Gasteiger partial charge in [0.15, 0.2) is 5.13 Å². The van der Waals surface area contributed by atoms with E-state index in [2.05, 4.69) is 15.3 Å². The van der Waals surface area contributed by atoms with Crippen LogP contribution in [-0.2, 0) is 0 Å². The van der Waals surface area contributed by atoms with Crippen molar-refractivity contribution in [1.82, 2.24) is 9.97 Å². The second-order valence-electron chi connectivity index (χ2n) is 6.14. The van der Waals surface area contributed by atoms with Crippen molar-refractivity contribution >= 4 is 59.9 Å². The average molecular weight is 372 g/mol. The van der Waals surface area contributed by atoms with Gasteiger partial charge in [-0.3, -0.25) is 10.1 Å². The highest BCUT2D eigenvalue weighted by Crippen LogP contribution is 2.30. The lowest BCUT2D eigenvalue weighted by Crippen LogP contribution is -1.91. The van der Waals surface area contributed by atoms with Crippen LogP contribution in [0.25, 0.3) is 32.0 Å². The number of nitrogens with zero attached hydrogens (tertiary/aromatic N) is 3. The molecule has 0 fully saturated rings. The molecule has 130 valence electrons. The van der Waals surface area contributed by atoms with E-state index in [-0.39, 0.29) is 5.69 Å². The molecule has 1 N–H and O–H groups in total. The summed E-state index contributed by atoms with van der Waals surface area (Å²) in [5, 5.41) is 16.8. The number of nitro benzene ring substituents is 1. The second-order valence-corrected chi connectivity index (χ2v) is 7.17. The molecule has 2 heterocycles. The summed E-state index contributed by atoms with van der Waals surface area (Å²) in [6, 6.07) is 20.5. The van der Waals surface area contributed by atoms with Crippen LogP contribution in [0.3, 0.4) is 0 Å². The highest BCUT2D eigenvalue weighted by molar-refractivity contribution is 7.22. The maximum Gasteiger partial charge on any atom is 0.270 e. The van der Waals surface area contributed by atoms with Gasteiger partial charge < -0.3 is 5.32 Å². The molecule has 0 aliphatic carbocycles. The standard InChI is InChI=1S/C20H12N4O2S/c25-24(26)15-7-8-16-13(10-15)9-12-5-6-14(11-18(12)22-16)21-20-23-17-3-1-2-4-19(17)27-20/h1-11H,(H,21,23). The molecule has 0 aliphatic rings. The molecule has 7 heteroatoms. The smallest absolute Gasteiger partial charge is 0.270 e. The Balaban J connectivity index is 1.54. The van der Waals surface area contributed by atoms with Gasteiger partial charge >= 0.3 is 0 Å². The number of benzene rings is 3. The molecule has 0 amide bonds. The van der Waals surface area contributed by atoms with Gasteiger partial charge in [0.05, 0.1) is 26.2 Å². The van der Waals surface area contributed by atoms with Gasteiger partial charge in [-0.1, -0.05) is 29.5 Å². The topological polar surface area (TPSA) is 81.0 Å². The maximum atomic E-state index is 11.0. The van der Waals surface area contributed by atoms with Gasteiger partial charge in [-0.2, -0.15) is 0 Å². The van der Waals surface area contributed by atoms with Crippen LogP contribution in [0.15, 0.2) is 66.7 Å². The van der Waals surface area contributed by atoms with Gasteiger partial charge in [0.25, 0.3) is 5.69 Å². The number of thiazole rings is 1. The molecule has 27 heavy (non-hydrogen) atoms.